The van der Waals surface area contributed by atoms with Gasteiger partial charge in [-0.15, -0.1) is 0 Å². The standard InChI is InChI=1S/C21H23N5/c1-24(2)11-12-26-20-10-5-4-9-19(20)23-21(26)17-8-6-7-16(13-17)18-14-22-25(3)15-18/h4-10,13-15H,11-12H2,1-3H3. The minimum atomic E-state index is 0.903. The average Bonchev–Trinajstić information content (AvgIpc) is 3.24. The summed E-state index contributed by atoms with van der Waals surface area (Å²) in [5, 5.41) is 4.29. The molecule has 2 aromatic heterocycles. The van der Waals surface area contributed by atoms with E-state index >= 15 is 0 Å². The van der Waals surface area contributed by atoms with Gasteiger partial charge in [-0.1, -0.05) is 30.3 Å². The van der Waals surface area contributed by atoms with Crippen LogP contribution in [0.2, 0.25) is 0 Å². The van der Waals surface area contributed by atoms with Crippen LogP contribution in [0, 0.1) is 0 Å². The molecule has 0 spiro atoms. The minimum absolute atomic E-state index is 0.903. The molecule has 5 heteroatoms. The normalized spacial score (nSPS) is 11.5. The SMILES string of the molecule is CN(C)CCn1c(-c2cccc(-c3cnn(C)c3)c2)nc2ccccc21. The molecule has 0 N–H and O–H groups in total. The quantitative estimate of drug-likeness (QED) is 0.554. The Morgan fingerprint density at radius 3 is 2.54 bits per heavy atom. The Morgan fingerprint density at radius 2 is 1.77 bits per heavy atom. The lowest BCUT2D eigenvalue weighted by Crippen LogP contribution is -2.18. The van der Waals surface area contributed by atoms with Crippen molar-refractivity contribution in [2.75, 3.05) is 20.6 Å². The van der Waals surface area contributed by atoms with Crippen molar-refractivity contribution in [3.63, 3.8) is 0 Å². The second-order valence-electron chi connectivity index (χ2n) is 6.86. The van der Waals surface area contributed by atoms with Crippen LogP contribution in [0.1, 0.15) is 0 Å². The van der Waals surface area contributed by atoms with E-state index in [9.17, 15) is 0 Å². The van der Waals surface area contributed by atoms with Gasteiger partial charge in [-0.2, -0.15) is 5.10 Å². The lowest BCUT2D eigenvalue weighted by Gasteiger charge is -2.14. The van der Waals surface area contributed by atoms with E-state index in [0.717, 1.165) is 41.1 Å². The number of hydrogen-bond donors (Lipinski definition) is 0. The smallest absolute Gasteiger partial charge is 0.141 e. The van der Waals surface area contributed by atoms with Crippen LogP contribution >= 0.6 is 0 Å². The number of likely N-dealkylation sites (N-methyl/N-ethyl adjacent to an activating group) is 1. The van der Waals surface area contributed by atoms with Gasteiger partial charge in [-0.3, -0.25) is 4.68 Å². The van der Waals surface area contributed by atoms with Crippen molar-refractivity contribution < 1.29 is 0 Å². The molecule has 4 aromatic rings. The molecular formula is C21H23N5. The van der Waals surface area contributed by atoms with E-state index in [2.05, 4.69) is 71.1 Å². The van der Waals surface area contributed by atoms with Crippen LogP contribution in [0.25, 0.3) is 33.5 Å². The fraction of sp³-hybridized carbons (Fsp3) is 0.238. The summed E-state index contributed by atoms with van der Waals surface area (Å²) in [6.45, 7) is 1.87. The van der Waals surface area contributed by atoms with Gasteiger partial charge in [0.15, 0.2) is 0 Å². The Kier molecular flexibility index (Phi) is 4.31. The van der Waals surface area contributed by atoms with Gasteiger partial charge in [-0.25, -0.2) is 4.98 Å². The third-order valence-corrected chi connectivity index (χ3v) is 4.58. The number of nitrogens with zero attached hydrogens (tertiary/aromatic N) is 5. The molecule has 0 saturated carbocycles. The zero-order chi connectivity index (χ0) is 18.1. The van der Waals surface area contributed by atoms with Gasteiger partial charge >= 0.3 is 0 Å². The molecule has 5 nitrogen and oxygen atoms in total. The van der Waals surface area contributed by atoms with Crippen molar-refractivity contribution >= 4 is 11.0 Å². The molecule has 0 saturated heterocycles. The lowest BCUT2D eigenvalue weighted by molar-refractivity contribution is 0.387. The molecule has 0 unspecified atom stereocenters. The molecule has 0 amide bonds. The Hall–Kier alpha value is -2.92. The lowest BCUT2D eigenvalue weighted by atomic mass is 10.1. The number of imidazole rings is 1. The fourth-order valence-electron chi connectivity index (χ4n) is 3.23. The van der Waals surface area contributed by atoms with Gasteiger partial charge in [0.25, 0.3) is 0 Å². The summed E-state index contributed by atoms with van der Waals surface area (Å²) in [4.78, 5) is 7.12. The minimum Gasteiger partial charge on any atom is -0.323 e. The van der Waals surface area contributed by atoms with Crippen molar-refractivity contribution in [2.45, 2.75) is 6.54 Å². The van der Waals surface area contributed by atoms with Crippen LogP contribution < -0.4 is 0 Å². The highest BCUT2D eigenvalue weighted by Crippen LogP contribution is 2.28. The van der Waals surface area contributed by atoms with E-state index in [1.807, 2.05) is 30.2 Å². The zero-order valence-electron chi connectivity index (χ0n) is 15.4. The molecule has 26 heavy (non-hydrogen) atoms. The molecule has 132 valence electrons. The monoisotopic (exact) mass is 345 g/mol. The maximum Gasteiger partial charge on any atom is 0.141 e. The van der Waals surface area contributed by atoms with E-state index in [-0.39, 0.29) is 0 Å². The first-order valence-corrected chi connectivity index (χ1v) is 8.81. The summed E-state index contributed by atoms with van der Waals surface area (Å²) in [6.07, 6.45) is 3.93. The van der Waals surface area contributed by atoms with E-state index in [1.54, 1.807) is 0 Å². The Balaban J connectivity index is 1.82. The third kappa shape index (κ3) is 3.13. The molecule has 0 radical (unpaired) electrons. The summed E-state index contributed by atoms with van der Waals surface area (Å²) < 4.78 is 4.14. The Bertz CT molecular complexity index is 1040. The van der Waals surface area contributed by atoms with Gasteiger partial charge in [-0.05, 0) is 37.9 Å². The van der Waals surface area contributed by atoms with Gasteiger partial charge < -0.3 is 9.47 Å². The zero-order valence-corrected chi connectivity index (χ0v) is 15.4. The van der Waals surface area contributed by atoms with Crippen molar-refractivity contribution in [3.05, 3.63) is 60.9 Å². The maximum absolute atomic E-state index is 4.92. The van der Waals surface area contributed by atoms with E-state index in [0.29, 0.717) is 0 Å². The third-order valence-electron chi connectivity index (χ3n) is 4.58. The number of hydrogen-bond acceptors (Lipinski definition) is 3. The number of benzene rings is 2. The van der Waals surface area contributed by atoms with E-state index in [1.165, 1.54) is 5.52 Å². The number of para-hydroxylation sites is 2. The van der Waals surface area contributed by atoms with Crippen LogP contribution in [-0.4, -0.2) is 44.9 Å². The van der Waals surface area contributed by atoms with E-state index in [4.69, 9.17) is 4.98 Å². The van der Waals surface area contributed by atoms with Crippen molar-refractivity contribution in [2.24, 2.45) is 7.05 Å². The maximum atomic E-state index is 4.92. The molecule has 0 atom stereocenters. The summed E-state index contributed by atoms with van der Waals surface area (Å²) in [7, 11) is 6.14. The second-order valence-corrected chi connectivity index (χ2v) is 6.86. The first kappa shape index (κ1) is 16.5. The summed E-state index contributed by atoms with van der Waals surface area (Å²) >= 11 is 0. The van der Waals surface area contributed by atoms with Gasteiger partial charge in [0.1, 0.15) is 5.82 Å². The molecule has 0 aliphatic heterocycles. The number of rotatable bonds is 5. The number of aromatic nitrogens is 4. The van der Waals surface area contributed by atoms with Crippen molar-refractivity contribution in [3.8, 4) is 22.5 Å². The highest BCUT2D eigenvalue weighted by Gasteiger charge is 2.13. The first-order valence-electron chi connectivity index (χ1n) is 8.81. The molecule has 2 heterocycles. The van der Waals surface area contributed by atoms with Gasteiger partial charge in [0, 0.05) is 37.5 Å². The molecule has 0 aliphatic rings. The van der Waals surface area contributed by atoms with Crippen LogP contribution in [0.5, 0.6) is 0 Å². The Labute approximate surface area is 153 Å². The number of aryl methyl sites for hydroxylation is 1. The summed E-state index contributed by atoms with van der Waals surface area (Å²) in [5.41, 5.74) is 5.61. The summed E-state index contributed by atoms with van der Waals surface area (Å²) in [5.74, 6) is 1.01. The molecule has 0 fully saturated rings. The second kappa shape index (κ2) is 6.77. The summed E-state index contributed by atoms with van der Waals surface area (Å²) in [6, 6.07) is 16.9. The van der Waals surface area contributed by atoms with Crippen molar-refractivity contribution in [1.82, 2.24) is 24.2 Å². The van der Waals surface area contributed by atoms with E-state index < -0.39 is 0 Å². The van der Waals surface area contributed by atoms with Crippen molar-refractivity contribution in [1.29, 1.82) is 0 Å². The first-order chi connectivity index (χ1) is 12.6. The van der Waals surface area contributed by atoms with Crippen LogP contribution in [0.15, 0.2) is 60.9 Å². The topological polar surface area (TPSA) is 38.9 Å². The Morgan fingerprint density at radius 1 is 0.962 bits per heavy atom. The predicted octanol–water partition coefficient (Wildman–Crippen LogP) is 3.67. The predicted molar refractivity (Wildman–Crippen MR) is 106 cm³/mol. The van der Waals surface area contributed by atoms with Crippen LogP contribution in [-0.2, 0) is 13.6 Å². The van der Waals surface area contributed by atoms with Gasteiger partial charge in [0.2, 0.25) is 0 Å². The molecule has 0 bridgehead atoms. The number of fused-ring (bicyclic) bond motifs is 1. The molecule has 2 aromatic carbocycles. The van der Waals surface area contributed by atoms with Crippen LogP contribution in [0.4, 0.5) is 0 Å². The largest absolute Gasteiger partial charge is 0.323 e. The highest BCUT2D eigenvalue weighted by atomic mass is 15.2. The van der Waals surface area contributed by atoms with Gasteiger partial charge in [0.05, 0.1) is 17.2 Å². The fourth-order valence-corrected chi connectivity index (χ4v) is 3.23. The van der Waals surface area contributed by atoms with Crippen LogP contribution in [0.3, 0.4) is 0 Å². The average molecular weight is 345 g/mol. The molecule has 4 rings (SSSR count). The molecular weight excluding hydrogens is 322 g/mol. The highest BCUT2D eigenvalue weighted by molar-refractivity contribution is 5.81. The molecule has 0 aliphatic carbocycles.